The maximum atomic E-state index is 12.2. The van der Waals surface area contributed by atoms with Crippen molar-refractivity contribution in [2.45, 2.75) is 38.7 Å². The van der Waals surface area contributed by atoms with E-state index in [-0.39, 0.29) is 6.54 Å². The summed E-state index contributed by atoms with van der Waals surface area (Å²) in [5.41, 5.74) is 3.28. The largest absolute Gasteiger partial charge is 0.497 e. The highest BCUT2D eigenvalue weighted by molar-refractivity contribution is 6.39. The fourth-order valence-electron chi connectivity index (χ4n) is 3.56. The first kappa shape index (κ1) is 19.9. The van der Waals surface area contributed by atoms with Crippen LogP contribution < -0.4 is 15.4 Å². The zero-order valence-corrected chi connectivity index (χ0v) is 16.5. The van der Waals surface area contributed by atoms with Gasteiger partial charge in [-0.1, -0.05) is 12.1 Å². The first-order chi connectivity index (χ1) is 13.3. The van der Waals surface area contributed by atoms with E-state index >= 15 is 0 Å². The van der Waals surface area contributed by atoms with Crippen LogP contribution in [0.15, 0.2) is 36.4 Å². The summed E-state index contributed by atoms with van der Waals surface area (Å²) >= 11 is 0. The predicted molar refractivity (Wildman–Crippen MR) is 107 cm³/mol. The predicted octanol–water partition coefficient (Wildman–Crippen LogP) is 2.59. The van der Waals surface area contributed by atoms with E-state index in [1.54, 1.807) is 19.2 Å². The molecule has 3 rings (SSSR count). The Labute approximate surface area is 164 Å². The summed E-state index contributed by atoms with van der Waals surface area (Å²) in [5, 5.41) is 16.3. The molecule has 0 fully saturated rings. The Morgan fingerprint density at radius 3 is 2.61 bits per heavy atom. The fourth-order valence-corrected chi connectivity index (χ4v) is 3.56. The normalized spacial score (nSPS) is 18.1. The molecular formula is C22H26N2O4. The lowest BCUT2D eigenvalue weighted by atomic mass is 9.79. The second-order valence-corrected chi connectivity index (χ2v) is 7.34. The summed E-state index contributed by atoms with van der Waals surface area (Å²) in [6, 6.07) is 11.0. The number of fused-ring (bicyclic) bond motifs is 1. The average Bonchev–Trinajstić information content (AvgIpc) is 2.68. The third kappa shape index (κ3) is 4.17. The number of ether oxygens (including phenoxy) is 1. The molecule has 0 heterocycles. The molecule has 0 radical (unpaired) electrons. The minimum atomic E-state index is -1.20. The standard InChI is InChI=1S/C22H26N2O4/c1-14-6-7-17(11-15(14)2)24-21(26)20(25)23-13-22(27)10-4-5-16-12-18(28-3)8-9-19(16)22/h6-9,11-12,27H,4-5,10,13H2,1-3H3,(H,23,25)(H,24,26). The molecule has 0 saturated heterocycles. The molecule has 1 aliphatic carbocycles. The van der Waals surface area contributed by atoms with Gasteiger partial charge < -0.3 is 20.5 Å². The first-order valence-electron chi connectivity index (χ1n) is 9.38. The molecule has 3 N–H and O–H groups in total. The van der Waals surface area contributed by atoms with Crippen LogP contribution in [0.4, 0.5) is 5.69 Å². The zero-order valence-electron chi connectivity index (χ0n) is 16.5. The number of rotatable bonds is 4. The molecule has 6 heteroatoms. The monoisotopic (exact) mass is 382 g/mol. The van der Waals surface area contributed by atoms with E-state index in [0.29, 0.717) is 12.1 Å². The Bertz CT molecular complexity index is 909. The Morgan fingerprint density at radius 1 is 1.11 bits per heavy atom. The van der Waals surface area contributed by atoms with Crippen molar-refractivity contribution in [3.63, 3.8) is 0 Å². The lowest BCUT2D eigenvalue weighted by Crippen LogP contribution is -2.46. The van der Waals surface area contributed by atoms with Gasteiger partial charge in [0, 0.05) is 5.69 Å². The maximum Gasteiger partial charge on any atom is 0.313 e. The second-order valence-electron chi connectivity index (χ2n) is 7.34. The molecule has 148 valence electrons. The summed E-state index contributed by atoms with van der Waals surface area (Å²) in [6.07, 6.45) is 2.16. The van der Waals surface area contributed by atoms with E-state index in [1.807, 2.05) is 38.1 Å². The fraction of sp³-hybridized carbons (Fsp3) is 0.364. The quantitative estimate of drug-likeness (QED) is 0.710. The minimum Gasteiger partial charge on any atom is -0.497 e. The van der Waals surface area contributed by atoms with Gasteiger partial charge in [0.25, 0.3) is 0 Å². The number of anilines is 1. The number of amides is 2. The molecule has 1 unspecified atom stereocenters. The molecule has 0 saturated carbocycles. The molecule has 0 aliphatic heterocycles. The van der Waals surface area contributed by atoms with E-state index in [2.05, 4.69) is 10.6 Å². The lowest BCUT2D eigenvalue weighted by Gasteiger charge is -2.34. The van der Waals surface area contributed by atoms with E-state index in [1.165, 1.54) is 0 Å². The number of hydrogen-bond acceptors (Lipinski definition) is 4. The third-order valence-electron chi connectivity index (χ3n) is 5.36. The van der Waals surface area contributed by atoms with Gasteiger partial charge in [-0.15, -0.1) is 0 Å². The lowest BCUT2D eigenvalue weighted by molar-refractivity contribution is -0.137. The van der Waals surface area contributed by atoms with Crippen molar-refractivity contribution in [3.05, 3.63) is 58.7 Å². The van der Waals surface area contributed by atoms with Crippen LogP contribution in [0.3, 0.4) is 0 Å². The van der Waals surface area contributed by atoms with E-state index in [4.69, 9.17) is 4.74 Å². The summed E-state index contributed by atoms with van der Waals surface area (Å²) in [7, 11) is 1.60. The maximum absolute atomic E-state index is 12.2. The van der Waals surface area contributed by atoms with Gasteiger partial charge in [0.15, 0.2) is 0 Å². The van der Waals surface area contributed by atoms with Gasteiger partial charge in [-0.25, -0.2) is 0 Å². The van der Waals surface area contributed by atoms with Gasteiger partial charge in [-0.3, -0.25) is 9.59 Å². The molecule has 0 bridgehead atoms. The molecule has 1 aliphatic rings. The van der Waals surface area contributed by atoms with Gasteiger partial charge in [-0.2, -0.15) is 0 Å². The highest BCUT2D eigenvalue weighted by atomic mass is 16.5. The number of aliphatic hydroxyl groups is 1. The first-order valence-corrected chi connectivity index (χ1v) is 9.38. The van der Waals surface area contributed by atoms with Crippen LogP contribution in [0.5, 0.6) is 5.75 Å². The highest BCUT2D eigenvalue weighted by Crippen LogP contribution is 2.36. The van der Waals surface area contributed by atoms with Crippen LogP contribution in [-0.2, 0) is 21.6 Å². The molecule has 2 aromatic rings. The number of nitrogens with one attached hydrogen (secondary N) is 2. The summed E-state index contributed by atoms with van der Waals surface area (Å²) in [4.78, 5) is 24.4. The molecule has 2 amide bonds. The van der Waals surface area contributed by atoms with Gasteiger partial charge in [-0.05, 0) is 79.6 Å². The Balaban J connectivity index is 1.65. The van der Waals surface area contributed by atoms with Crippen LogP contribution in [0, 0.1) is 13.8 Å². The Kier molecular flexibility index (Phi) is 5.70. The molecule has 0 spiro atoms. The van der Waals surface area contributed by atoms with Crippen molar-refractivity contribution in [2.24, 2.45) is 0 Å². The smallest absolute Gasteiger partial charge is 0.313 e. The van der Waals surface area contributed by atoms with Gasteiger partial charge in [0.1, 0.15) is 11.4 Å². The van der Waals surface area contributed by atoms with E-state index in [9.17, 15) is 14.7 Å². The molecule has 6 nitrogen and oxygen atoms in total. The number of benzene rings is 2. The average molecular weight is 382 g/mol. The number of aryl methyl sites for hydroxylation is 3. The molecular weight excluding hydrogens is 356 g/mol. The Hall–Kier alpha value is -2.86. The SMILES string of the molecule is COc1ccc2c(c1)CCCC2(O)CNC(=O)C(=O)Nc1ccc(C)c(C)c1. The van der Waals surface area contributed by atoms with Crippen LogP contribution in [0.2, 0.25) is 0 Å². The van der Waals surface area contributed by atoms with Crippen LogP contribution in [0.25, 0.3) is 0 Å². The molecule has 28 heavy (non-hydrogen) atoms. The van der Waals surface area contributed by atoms with Crippen molar-refractivity contribution in [1.29, 1.82) is 0 Å². The zero-order chi connectivity index (χ0) is 20.3. The van der Waals surface area contributed by atoms with Crippen molar-refractivity contribution < 1.29 is 19.4 Å². The van der Waals surface area contributed by atoms with Crippen LogP contribution in [-0.4, -0.2) is 30.6 Å². The summed E-state index contributed by atoms with van der Waals surface area (Å²) in [5.74, 6) is -0.787. The molecule has 1 atom stereocenters. The number of hydrogen-bond donors (Lipinski definition) is 3. The number of carbonyl (C=O) groups excluding carboxylic acids is 2. The van der Waals surface area contributed by atoms with Crippen LogP contribution >= 0.6 is 0 Å². The summed E-state index contributed by atoms with van der Waals surface area (Å²) < 4.78 is 5.25. The van der Waals surface area contributed by atoms with Gasteiger partial charge in [0.05, 0.1) is 13.7 Å². The number of carbonyl (C=O) groups is 2. The molecule has 2 aromatic carbocycles. The van der Waals surface area contributed by atoms with Crippen molar-refractivity contribution >= 4 is 17.5 Å². The minimum absolute atomic E-state index is 0.0223. The topological polar surface area (TPSA) is 87.7 Å². The highest BCUT2D eigenvalue weighted by Gasteiger charge is 2.35. The van der Waals surface area contributed by atoms with E-state index in [0.717, 1.165) is 40.8 Å². The van der Waals surface area contributed by atoms with Crippen molar-refractivity contribution in [3.8, 4) is 5.75 Å². The van der Waals surface area contributed by atoms with Crippen molar-refractivity contribution in [1.82, 2.24) is 5.32 Å². The number of methoxy groups -OCH3 is 1. The molecule has 0 aromatic heterocycles. The van der Waals surface area contributed by atoms with Crippen molar-refractivity contribution in [2.75, 3.05) is 19.0 Å². The third-order valence-corrected chi connectivity index (χ3v) is 5.36. The second kappa shape index (κ2) is 8.02. The van der Waals surface area contributed by atoms with E-state index < -0.39 is 17.4 Å². The summed E-state index contributed by atoms with van der Waals surface area (Å²) in [6.45, 7) is 3.90. The van der Waals surface area contributed by atoms with Crippen LogP contribution in [0.1, 0.15) is 35.1 Å². The Morgan fingerprint density at radius 2 is 1.89 bits per heavy atom. The van der Waals surface area contributed by atoms with Gasteiger partial charge in [0.2, 0.25) is 0 Å². The van der Waals surface area contributed by atoms with Gasteiger partial charge >= 0.3 is 11.8 Å².